The van der Waals surface area contributed by atoms with Crippen LogP contribution in [0.2, 0.25) is 0 Å². The van der Waals surface area contributed by atoms with Crippen LogP contribution in [0.5, 0.6) is 5.88 Å². The first-order chi connectivity index (χ1) is 11.8. The number of furan rings is 1. The van der Waals surface area contributed by atoms with E-state index in [4.69, 9.17) is 9.15 Å². The molecule has 0 bridgehead atoms. The Bertz CT molecular complexity index is 796. The minimum atomic E-state index is 0.154. The predicted octanol–water partition coefficient (Wildman–Crippen LogP) is 2.82. The summed E-state index contributed by atoms with van der Waals surface area (Å²) in [6.45, 7) is 5.03. The van der Waals surface area contributed by atoms with Gasteiger partial charge >= 0.3 is 0 Å². The summed E-state index contributed by atoms with van der Waals surface area (Å²) in [5.74, 6) is 2.58. The molecule has 6 nitrogen and oxygen atoms in total. The smallest absolute Gasteiger partial charge is 0.213 e. The van der Waals surface area contributed by atoms with Gasteiger partial charge in [-0.15, -0.1) is 0 Å². The fourth-order valence-electron chi connectivity index (χ4n) is 3.11. The van der Waals surface area contributed by atoms with Gasteiger partial charge in [-0.3, -0.25) is 9.58 Å². The molecule has 0 amide bonds. The molecule has 0 saturated heterocycles. The maximum atomic E-state index is 5.85. The number of nitrogens with zero attached hydrogens (tertiary/aromatic N) is 4. The second-order valence-electron chi connectivity index (χ2n) is 6.08. The molecule has 1 atom stereocenters. The summed E-state index contributed by atoms with van der Waals surface area (Å²) in [4.78, 5) is 6.58. The average molecular weight is 324 g/mol. The lowest BCUT2D eigenvalue weighted by Crippen LogP contribution is -2.39. The SMILES string of the molecule is Cc1ccc(CN2Cc3ccnn3C(COc3ccccn3)C2)o1. The second-order valence-corrected chi connectivity index (χ2v) is 6.08. The number of aryl methyl sites for hydroxylation is 1. The van der Waals surface area contributed by atoms with Gasteiger partial charge in [0.15, 0.2) is 0 Å². The molecule has 4 rings (SSSR count). The Morgan fingerprint density at radius 2 is 2.17 bits per heavy atom. The molecule has 0 radical (unpaired) electrons. The molecule has 4 heterocycles. The van der Waals surface area contributed by atoms with Crippen molar-refractivity contribution in [1.29, 1.82) is 0 Å². The number of ether oxygens (including phenoxy) is 1. The van der Waals surface area contributed by atoms with E-state index < -0.39 is 0 Å². The lowest BCUT2D eigenvalue weighted by atomic mass is 10.2. The highest BCUT2D eigenvalue weighted by Gasteiger charge is 2.26. The Balaban J connectivity index is 1.46. The van der Waals surface area contributed by atoms with Crippen LogP contribution in [-0.2, 0) is 13.1 Å². The van der Waals surface area contributed by atoms with Gasteiger partial charge in [0.05, 0.1) is 18.3 Å². The third-order valence-electron chi connectivity index (χ3n) is 4.19. The fraction of sp³-hybridized carbons (Fsp3) is 0.333. The highest BCUT2D eigenvalue weighted by atomic mass is 16.5. The van der Waals surface area contributed by atoms with Crippen LogP contribution in [0.3, 0.4) is 0 Å². The summed E-state index contributed by atoms with van der Waals surface area (Å²) in [7, 11) is 0. The molecule has 0 aliphatic carbocycles. The minimum Gasteiger partial charge on any atom is -0.475 e. The molecule has 1 aliphatic rings. The van der Waals surface area contributed by atoms with E-state index in [-0.39, 0.29) is 6.04 Å². The van der Waals surface area contributed by atoms with Gasteiger partial charge in [-0.2, -0.15) is 5.10 Å². The van der Waals surface area contributed by atoms with Crippen LogP contribution in [-0.4, -0.2) is 32.8 Å². The van der Waals surface area contributed by atoms with Crippen molar-refractivity contribution in [2.75, 3.05) is 13.2 Å². The van der Waals surface area contributed by atoms with Crippen LogP contribution >= 0.6 is 0 Å². The molecule has 1 unspecified atom stereocenters. The van der Waals surface area contributed by atoms with Crippen LogP contribution < -0.4 is 4.74 Å². The van der Waals surface area contributed by atoms with Crippen LogP contribution in [0.15, 0.2) is 53.2 Å². The molecule has 0 saturated carbocycles. The van der Waals surface area contributed by atoms with Crippen LogP contribution in [0.4, 0.5) is 0 Å². The summed E-state index contributed by atoms with van der Waals surface area (Å²) >= 11 is 0. The fourth-order valence-corrected chi connectivity index (χ4v) is 3.11. The van der Waals surface area contributed by atoms with Crippen LogP contribution in [0.1, 0.15) is 23.3 Å². The summed E-state index contributed by atoms with van der Waals surface area (Å²) in [6.07, 6.45) is 3.59. The molecule has 0 N–H and O–H groups in total. The summed E-state index contributed by atoms with van der Waals surface area (Å²) in [5, 5.41) is 4.46. The van der Waals surface area contributed by atoms with E-state index in [1.54, 1.807) is 6.20 Å². The molecular formula is C18H20N4O2. The van der Waals surface area contributed by atoms with Crippen molar-refractivity contribution < 1.29 is 9.15 Å². The molecule has 6 heteroatoms. The zero-order valence-corrected chi connectivity index (χ0v) is 13.6. The third-order valence-corrected chi connectivity index (χ3v) is 4.19. The van der Waals surface area contributed by atoms with Crippen molar-refractivity contribution in [3.05, 3.63) is 66.0 Å². The van der Waals surface area contributed by atoms with Gasteiger partial charge in [0, 0.05) is 31.5 Å². The number of aromatic nitrogens is 3. The highest BCUT2D eigenvalue weighted by Crippen LogP contribution is 2.23. The highest BCUT2D eigenvalue weighted by molar-refractivity contribution is 5.11. The number of hydrogen-bond acceptors (Lipinski definition) is 5. The lowest BCUT2D eigenvalue weighted by Gasteiger charge is -2.33. The standard InChI is InChI=1S/C18H20N4O2/c1-14-5-6-17(24-14)12-21-10-15-7-9-20-22(15)16(11-21)13-23-18-4-2-3-8-19-18/h2-9,16H,10-13H2,1H3. The van der Waals surface area contributed by atoms with E-state index in [1.807, 2.05) is 43.5 Å². The van der Waals surface area contributed by atoms with Crippen LogP contribution in [0, 0.1) is 6.92 Å². The van der Waals surface area contributed by atoms with E-state index in [0.29, 0.717) is 12.5 Å². The Kier molecular flexibility index (Phi) is 4.04. The first-order valence-corrected chi connectivity index (χ1v) is 8.12. The molecule has 1 aliphatic heterocycles. The largest absolute Gasteiger partial charge is 0.475 e. The summed E-state index contributed by atoms with van der Waals surface area (Å²) in [6, 6.07) is 11.9. The molecule has 0 aromatic carbocycles. The molecular weight excluding hydrogens is 304 g/mol. The average Bonchev–Trinajstić information content (AvgIpc) is 3.22. The van der Waals surface area contributed by atoms with E-state index in [1.165, 1.54) is 5.69 Å². The van der Waals surface area contributed by atoms with Gasteiger partial charge in [-0.1, -0.05) is 6.07 Å². The Morgan fingerprint density at radius 1 is 1.21 bits per heavy atom. The number of fused-ring (bicyclic) bond motifs is 1. The zero-order valence-electron chi connectivity index (χ0n) is 13.6. The first kappa shape index (κ1) is 15.0. The van der Waals surface area contributed by atoms with Crippen molar-refractivity contribution in [2.24, 2.45) is 0 Å². The van der Waals surface area contributed by atoms with E-state index in [2.05, 4.69) is 25.7 Å². The Hall–Kier alpha value is -2.60. The van der Waals surface area contributed by atoms with Crippen molar-refractivity contribution >= 4 is 0 Å². The van der Waals surface area contributed by atoms with Gasteiger partial charge in [0.1, 0.15) is 18.1 Å². The van der Waals surface area contributed by atoms with Gasteiger partial charge < -0.3 is 9.15 Å². The Labute approximate surface area is 140 Å². The van der Waals surface area contributed by atoms with Gasteiger partial charge in [-0.25, -0.2) is 4.98 Å². The van der Waals surface area contributed by atoms with E-state index in [0.717, 1.165) is 31.2 Å². The maximum Gasteiger partial charge on any atom is 0.213 e. The molecule has 3 aromatic heterocycles. The van der Waals surface area contributed by atoms with Crippen molar-refractivity contribution in [3.63, 3.8) is 0 Å². The number of pyridine rings is 1. The topological polar surface area (TPSA) is 56.3 Å². The van der Waals surface area contributed by atoms with E-state index in [9.17, 15) is 0 Å². The molecule has 24 heavy (non-hydrogen) atoms. The number of rotatable bonds is 5. The van der Waals surface area contributed by atoms with Gasteiger partial charge in [0.2, 0.25) is 5.88 Å². The maximum absolute atomic E-state index is 5.85. The third kappa shape index (κ3) is 3.19. The molecule has 3 aromatic rings. The summed E-state index contributed by atoms with van der Waals surface area (Å²) < 4.78 is 13.6. The minimum absolute atomic E-state index is 0.154. The van der Waals surface area contributed by atoms with Crippen molar-refractivity contribution in [3.8, 4) is 5.88 Å². The quantitative estimate of drug-likeness (QED) is 0.722. The second kappa shape index (κ2) is 6.49. The lowest BCUT2D eigenvalue weighted by molar-refractivity contribution is 0.119. The van der Waals surface area contributed by atoms with Crippen molar-refractivity contribution in [2.45, 2.75) is 26.1 Å². The van der Waals surface area contributed by atoms with Crippen molar-refractivity contribution in [1.82, 2.24) is 19.7 Å². The summed E-state index contributed by atoms with van der Waals surface area (Å²) in [5.41, 5.74) is 1.19. The molecule has 0 spiro atoms. The van der Waals surface area contributed by atoms with E-state index >= 15 is 0 Å². The monoisotopic (exact) mass is 324 g/mol. The Morgan fingerprint density at radius 3 is 2.96 bits per heavy atom. The first-order valence-electron chi connectivity index (χ1n) is 8.12. The zero-order chi connectivity index (χ0) is 16.4. The predicted molar refractivity (Wildman–Crippen MR) is 88.6 cm³/mol. The van der Waals surface area contributed by atoms with Gasteiger partial charge in [-0.05, 0) is 31.2 Å². The normalized spacial score (nSPS) is 17.6. The molecule has 124 valence electrons. The van der Waals surface area contributed by atoms with Crippen LogP contribution in [0.25, 0.3) is 0 Å². The van der Waals surface area contributed by atoms with Gasteiger partial charge in [0.25, 0.3) is 0 Å². The molecule has 0 fully saturated rings. The number of hydrogen-bond donors (Lipinski definition) is 0.